The molecule has 0 aliphatic carbocycles. The maximum atomic E-state index is 13.3. The maximum absolute atomic E-state index is 13.3. The standard InChI is InChI=1S/C12H13ClFIN2O/c1-7-6-16-2-3-17(7)12(18)8-4-11(15)10(14)5-9(8)13/h4-5,7,16H,2-3,6H2,1H3/t7-/m0/s1. The fraction of sp³-hybridized carbons (Fsp3) is 0.417. The van der Waals surface area contributed by atoms with Crippen LogP contribution in [-0.4, -0.2) is 36.5 Å². The van der Waals surface area contributed by atoms with Crippen LogP contribution in [0.3, 0.4) is 0 Å². The van der Waals surface area contributed by atoms with E-state index in [0.29, 0.717) is 15.7 Å². The summed E-state index contributed by atoms with van der Waals surface area (Å²) in [5, 5.41) is 3.39. The Bertz CT molecular complexity index is 483. The number of nitrogens with one attached hydrogen (secondary N) is 1. The Hall–Kier alpha value is -0.400. The zero-order valence-corrected chi connectivity index (χ0v) is 12.8. The van der Waals surface area contributed by atoms with Crippen LogP contribution in [0.25, 0.3) is 0 Å². The second-order valence-corrected chi connectivity index (χ2v) is 5.87. The molecule has 3 nitrogen and oxygen atoms in total. The van der Waals surface area contributed by atoms with Crippen LogP contribution in [0.1, 0.15) is 17.3 Å². The monoisotopic (exact) mass is 382 g/mol. The highest BCUT2D eigenvalue weighted by molar-refractivity contribution is 14.1. The summed E-state index contributed by atoms with van der Waals surface area (Å²) in [6.07, 6.45) is 0. The number of nitrogens with zero attached hydrogens (tertiary/aromatic N) is 1. The molecule has 1 saturated heterocycles. The molecule has 1 heterocycles. The average Bonchev–Trinajstić information content (AvgIpc) is 2.33. The topological polar surface area (TPSA) is 32.3 Å². The van der Waals surface area contributed by atoms with Crippen molar-refractivity contribution in [1.82, 2.24) is 10.2 Å². The van der Waals surface area contributed by atoms with Gasteiger partial charge >= 0.3 is 0 Å². The first kappa shape index (κ1) is 14.0. The number of piperazine rings is 1. The van der Waals surface area contributed by atoms with Crippen LogP contribution in [0.5, 0.6) is 0 Å². The van der Waals surface area contributed by atoms with Gasteiger partial charge in [0.1, 0.15) is 5.82 Å². The van der Waals surface area contributed by atoms with Gasteiger partial charge in [-0.15, -0.1) is 0 Å². The zero-order chi connectivity index (χ0) is 13.3. The lowest BCUT2D eigenvalue weighted by atomic mass is 10.1. The second kappa shape index (κ2) is 5.71. The van der Waals surface area contributed by atoms with E-state index in [-0.39, 0.29) is 17.0 Å². The highest BCUT2D eigenvalue weighted by atomic mass is 127. The third-order valence-corrected chi connectivity index (χ3v) is 4.14. The Kier molecular flexibility index (Phi) is 4.45. The summed E-state index contributed by atoms with van der Waals surface area (Å²) in [4.78, 5) is 14.2. The van der Waals surface area contributed by atoms with Gasteiger partial charge in [0, 0.05) is 29.2 Å². The van der Waals surface area contributed by atoms with Crippen LogP contribution in [0, 0.1) is 9.39 Å². The third kappa shape index (κ3) is 2.78. The predicted molar refractivity (Wildman–Crippen MR) is 77.5 cm³/mol. The summed E-state index contributed by atoms with van der Waals surface area (Å²) in [6, 6.07) is 2.82. The summed E-state index contributed by atoms with van der Waals surface area (Å²) in [6.45, 7) is 4.16. The number of carbonyl (C=O) groups is 1. The molecule has 1 amide bonds. The van der Waals surface area contributed by atoms with Gasteiger partial charge in [0.05, 0.1) is 10.6 Å². The first-order valence-electron chi connectivity index (χ1n) is 5.67. The SMILES string of the molecule is C[C@H]1CNCCN1C(=O)c1cc(I)c(F)cc1Cl. The van der Waals surface area contributed by atoms with E-state index in [0.717, 1.165) is 13.1 Å². The summed E-state index contributed by atoms with van der Waals surface area (Å²) in [5.74, 6) is -0.530. The van der Waals surface area contributed by atoms with Gasteiger partial charge in [-0.2, -0.15) is 0 Å². The van der Waals surface area contributed by atoms with Crippen LogP contribution in [0.4, 0.5) is 4.39 Å². The van der Waals surface area contributed by atoms with Crippen molar-refractivity contribution in [2.24, 2.45) is 0 Å². The zero-order valence-electron chi connectivity index (χ0n) is 9.84. The molecule has 0 aromatic heterocycles. The molecule has 1 fully saturated rings. The minimum Gasteiger partial charge on any atom is -0.333 e. The Labute approximate surface area is 124 Å². The van der Waals surface area contributed by atoms with Crippen LogP contribution in [0.15, 0.2) is 12.1 Å². The Balaban J connectivity index is 2.30. The minimum absolute atomic E-state index is 0.116. The molecule has 98 valence electrons. The van der Waals surface area contributed by atoms with Crippen LogP contribution >= 0.6 is 34.2 Å². The molecule has 1 aliphatic rings. The molecule has 0 bridgehead atoms. The molecule has 0 spiro atoms. The fourth-order valence-corrected chi connectivity index (χ4v) is 2.68. The molecular weight excluding hydrogens is 370 g/mol. The molecule has 6 heteroatoms. The number of amides is 1. The van der Waals surface area contributed by atoms with E-state index in [4.69, 9.17) is 11.6 Å². The van der Waals surface area contributed by atoms with Crippen molar-refractivity contribution in [3.63, 3.8) is 0 Å². The summed E-state index contributed by atoms with van der Waals surface area (Å²) < 4.78 is 13.7. The second-order valence-electron chi connectivity index (χ2n) is 4.30. The number of benzene rings is 1. The average molecular weight is 383 g/mol. The largest absolute Gasteiger partial charge is 0.333 e. The number of carbonyl (C=O) groups excluding carboxylic acids is 1. The molecule has 1 aromatic carbocycles. The fourth-order valence-electron chi connectivity index (χ4n) is 1.98. The van der Waals surface area contributed by atoms with Gasteiger partial charge in [-0.25, -0.2) is 4.39 Å². The van der Waals surface area contributed by atoms with E-state index < -0.39 is 5.82 Å². The predicted octanol–water partition coefficient (Wildman–Crippen LogP) is 2.52. The van der Waals surface area contributed by atoms with E-state index in [1.54, 1.807) is 4.90 Å². The molecule has 2 rings (SSSR count). The number of rotatable bonds is 1. The van der Waals surface area contributed by atoms with Gasteiger partial charge in [0.25, 0.3) is 5.91 Å². The van der Waals surface area contributed by atoms with Crippen molar-refractivity contribution in [2.45, 2.75) is 13.0 Å². The van der Waals surface area contributed by atoms with E-state index in [1.165, 1.54) is 12.1 Å². The van der Waals surface area contributed by atoms with Crippen molar-refractivity contribution in [1.29, 1.82) is 0 Å². The van der Waals surface area contributed by atoms with Gasteiger partial charge in [0.15, 0.2) is 0 Å². The molecule has 0 saturated carbocycles. The van der Waals surface area contributed by atoms with Gasteiger partial charge < -0.3 is 10.2 Å². The number of hydrogen-bond donors (Lipinski definition) is 1. The van der Waals surface area contributed by atoms with Crippen LogP contribution in [-0.2, 0) is 0 Å². The van der Waals surface area contributed by atoms with Crippen molar-refractivity contribution >= 4 is 40.1 Å². The number of halogens is 3. The van der Waals surface area contributed by atoms with E-state index in [9.17, 15) is 9.18 Å². The Morgan fingerprint density at radius 1 is 1.61 bits per heavy atom. The number of hydrogen-bond acceptors (Lipinski definition) is 2. The third-order valence-electron chi connectivity index (χ3n) is 3.00. The first-order valence-corrected chi connectivity index (χ1v) is 7.12. The highest BCUT2D eigenvalue weighted by Crippen LogP contribution is 2.24. The Morgan fingerprint density at radius 2 is 2.33 bits per heavy atom. The normalized spacial score (nSPS) is 20.0. The van der Waals surface area contributed by atoms with Crippen molar-refractivity contribution in [3.8, 4) is 0 Å². The van der Waals surface area contributed by atoms with Gasteiger partial charge in [0.2, 0.25) is 0 Å². The molecule has 1 aliphatic heterocycles. The smallest absolute Gasteiger partial charge is 0.255 e. The molecule has 0 radical (unpaired) electrons. The lowest BCUT2D eigenvalue weighted by molar-refractivity contribution is 0.0656. The highest BCUT2D eigenvalue weighted by Gasteiger charge is 2.26. The molecule has 1 atom stereocenters. The van der Waals surface area contributed by atoms with Gasteiger partial charge in [-0.3, -0.25) is 4.79 Å². The molecule has 1 N–H and O–H groups in total. The summed E-state index contributed by atoms with van der Waals surface area (Å²) in [5.41, 5.74) is 0.371. The van der Waals surface area contributed by atoms with E-state index >= 15 is 0 Å². The summed E-state index contributed by atoms with van der Waals surface area (Å²) >= 11 is 7.82. The van der Waals surface area contributed by atoms with Crippen molar-refractivity contribution in [3.05, 3.63) is 32.1 Å². The van der Waals surface area contributed by atoms with Crippen LogP contribution < -0.4 is 5.32 Å². The van der Waals surface area contributed by atoms with Crippen LogP contribution in [0.2, 0.25) is 5.02 Å². The molecule has 1 aromatic rings. The van der Waals surface area contributed by atoms with Gasteiger partial charge in [-0.05, 0) is 41.6 Å². The Morgan fingerprint density at radius 3 is 3.00 bits per heavy atom. The lowest BCUT2D eigenvalue weighted by Gasteiger charge is -2.34. The quantitative estimate of drug-likeness (QED) is 0.598. The lowest BCUT2D eigenvalue weighted by Crippen LogP contribution is -2.52. The summed E-state index contributed by atoms with van der Waals surface area (Å²) in [7, 11) is 0. The van der Waals surface area contributed by atoms with E-state index in [2.05, 4.69) is 5.32 Å². The minimum atomic E-state index is -0.398. The van der Waals surface area contributed by atoms with Crippen molar-refractivity contribution < 1.29 is 9.18 Å². The molecule has 0 unspecified atom stereocenters. The van der Waals surface area contributed by atoms with Crippen molar-refractivity contribution in [2.75, 3.05) is 19.6 Å². The molecular formula is C12H13ClFIN2O. The van der Waals surface area contributed by atoms with Gasteiger partial charge in [-0.1, -0.05) is 11.6 Å². The first-order chi connectivity index (χ1) is 8.50. The van der Waals surface area contributed by atoms with E-state index in [1.807, 2.05) is 29.5 Å². The molecule has 18 heavy (non-hydrogen) atoms. The maximum Gasteiger partial charge on any atom is 0.255 e.